The number of rotatable bonds is 1. The Kier molecular flexibility index (Phi) is 1.36. The van der Waals surface area contributed by atoms with Crippen LogP contribution in [0.2, 0.25) is 0 Å². The van der Waals surface area contributed by atoms with Crippen molar-refractivity contribution >= 4 is 0 Å². The lowest BCUT2D eigenvalue weighted by atomic mass is 10.4. The number of hydrogen-bond donors (Lipinski definition) is 0. The smallest absolute Gasteiger partial charge is 0.255 e. The summed E-state index contributed by atoms with van der Waals surface area (Å²) < 4.78 is 30.5. The number of pyridine rings is 1. The van der Waals surface area contributed by atoms with Crippen molar-refractivity contribution in [1.29, 1.82) is 0 Å². The number of hydrogen-bond acceptors (Lipinski definition) is 1. The summed E-state index contributed by atoms with van der Waals surface area (Å²) in [6, 6.07) is 3.94. The number of alkyl halides is 2. The predicted molar refractivity (Wildman–Crippen MR) is 29.2 cm³/mol. The zero-order valence-electron chi connectivity index (χ0n) is 5.51. The van der Waals surface area contributed by atoms with Crippen LogP contribution in [-0.2, 0) is 0 Å². The van der Waals surface area contributed by atoms with Gasteiger partial charge in [0.1, 0.15) is 5.69 Å². The molecular formula is C6H5F2N. The van der Waals surface area contributed by atoms with E-state index >= 15 is 0 Å². The van der Waals surface area contributed by atoms with Crippen molar-refractivity contribution in [2.24, 2.45) is 0 Å². The van der Waals surface area contributed by atoms with Crippen LogP contribution < -0.4 is 0 Å². The highest BCUT2D eigenvalue weighted by Crippen LogP contribution is 2.13. The van der Waals surface area contributed by atoms with Gasteiger partial charge in [-0.15, -0.1) is 0 Å². The van der Waals surface area contributed by atoms with Crippen molar-refractivity contribution in [1.82, 2.24) is 4.98 Å². The van der Waals surface area contributed by atoms with E-state index in [-0.39, 0.29) is 11.9 Å². The maximum absolute atomic E-state index is 11.8. The lowest BCUT2D eigenvalue weighted by Crippen LogP contribution is -1.85. The molecule has 0 N–H and O–H groups in total. The lowest BCUT2D eigenvalue weighted by molar-refractivity contribution is 0.146. The van der Waals surface area contributed by atoms with Gasteiger partial charge in [0, 0.05) is 6.17 Å². The van der Waals surface area contributed by atoms with Crippen molar-refractivity contribution in [3.05, 3.63) is 30.1 Å². The summed E-state index contributed by atoms with van der Waals surface area (Å²) in [6.45, 7) is 0. The monoisotopic (exact) mass is 130 g/mol. The molecule has 0 fully saturated rings. The third kappa shape index (κ3) is 1.45. The van der Waals surface area contributed by atoms with Crippen LogP contribution in [-0.4, -0.2) is 4.98 Å². The van der Waals surface area contributed by atoms with Gasteiger partial charge < -0.3 is 0 Å². The second-order valence-corrected chi connectivity index (χ2v) is 1.49. The molecule has 0 aromatic carbocycles. The van der Waals surface area contributed by atoms with Crippen molar-refractivity contribution in [3.8, 4) is 0 Å². The molecular weight excluding hydrogens is 124 g/mol. The molecule has 1 nitrogen and oxygen atoms in total. The van der Waals surface area contributed by atoms with Crippen LogP contribution in [0.4, 0.5) is 8.78 Å². The van der Waals surface area contributed by atoms with Crippen LogP contribution in [0.3, 0.4) is 0 Å². The standard InChI is InChI=1S/C6H5F2N/c7-6(8)5-3-1-2-4-9-5/h1-4,6H/i4D. The van der Waals surface area contributed by atoms with E-state index in [1.165, 1.54) is 18.2 Å². The second kappa shape index (κ2) is 2.53. The number of halogens is 2. The molecule has 3 heteroatoms. The van der Waals surface area contributed by atoms with E-state index in [0.29, 0.717) is 0 Å². The normalized spacial score (nSPS) is 11.7. The molecule has 0 bridgehead atoms. The first-order valence-electron chi connectivity index (χ1n) is 2.92. The van der Waals surface area contributed by atoms with Crippen LogP contribution in [0.25, 0.3) is 0 Å². The molecule has 0 saturated carbocycles. The molecule has 0 unspecified atom stereocenters. The Morgan fingerprint density at radius 1 is 1.56 bits per heavy atom. The molecule has 0 radical (unpaired) electrons. The van der Waals surface area contributed by atoms with Crippen LogP contribution >= 0.6 is 0 Å². The maximum atomic E-state index is 11.8. The molecule has 1 rings (SSSR count). The van der Waals surface area contributed by atoms with Gasteiger partial charge in [-0.3, -0.25) is 4.98 Å². The first-order valence-corrected chi connectivity index (χ1v) is 2.42. The van der Waals surface area contributed by atoms with Crippen LogP contribution in [0.1, 0.15) is 13.5 Å². The molecule has 0 aliphatic rings. The van der Waals surface area contributed by atoms with E-state index < -0.39 is 6.43 Å². The van der Waals surface area contributed by atoms with Gasteiger partial charge in [-0.1, -0.05) is 6.07 Å². The Morgan fingerprint density at radius 3 is 2.78 bits per heavy atom. The van der Waals surface area contributed by atoms with Gasteiger partial charge in [-0.2, -0.15) is 0 Å². The van der Waals surface area contributed by atoms with Gasteiger partial charge in [-0.05, 0) is 12.1 Å². The van der Waals surface area contributed by atoms with E-state index in [4.69, 9.17) is 1.37 Å². The van der Waals surface area contributed by atoms with Crippen molar-refractivity contribution in [2.45, 2.75) is 6.43 Å². The summed E-state index contributed by atoms with van der Waals surface area (Å²) >= 11 is 0. The van der Waals surface area contributed by atoms with E-state index in [1.807, 2.05) is 0 Å². The average Bonchev–Trinajstić information content (AvgIpc) is 1.88. The third-order valence-electron chi connectivity index (χ3n) is 0.855. The predicted octanol–water partition coefficient (Wildman–Crippen LogP) is 2.02. The molecule has 1 aromatic rings. The molecule has 1 aromatic heterocycles. The van der Waals surface area contributed by atoms with Crippen molar-refractivity contribution in [2.75, 3.05) is 0 Å². The van der Waals surface area contributed by atoms with Crippen LogP contribution in [0.5, 0.6) is 0 Å². The minimum atomic E-state index is -2.58. The molecule has 0 aliphatic carbocycles. The maximum Gasteiger partial charge on any atom is 0.280 e. The molecule has 0 aliphatic heterocycles. The largest absolute Gasteiger partial charge is 0.280 e. The van der Waals surface area contributed by atoms with Gasteiger partial charge in [0.05, 0.1) is 1.37 Å². The van der Waals surface area contributed by atoms with Gasteiger partial charge in [0.25, 0.3) is 6.43 Å². The Balaban J connectivity index is 2.96. The zero-order valence-corrected chi connectivity index (χ0v) is 4.51. The zero-order chi connectivity index (χ0) is 7.56. The summed E-state index contributed by atoms with van der Waals surface area (Å²) in [6.07, 6.45) is -2.71. The third-order valence-corrected chi connectivity index (χ3v) is 0.855. The quantitative estimate of drug-likeness (QED) is 0.566. The van der Waals surface area contributed by atoms with Crippen LogP contribution in [0, 0.1) is 0 Å². The van der Waals surface area contributed by atoms with E-state index in [2.05, 4.69) is 4.98 Å². The minimum Gasteiger partial charge on any atom is -0.255 e. The highest BCUT2D eigenvalue weighted by Gasteiger charge is 2.04. The van der Waals surface area contributed by atoms with Gasteiger partial charge >= 0.3 is 0 Å². The fourth-order valence-electron chi connectivity index (χ4n) is 0.460. The molecule has 0 saturated heterocycles. The van der Waals surface area contributed by atoms with Crippen LogP contribution in [0.15, 0.2) is 24.4 Å². The molecule has 0 atom stereocenters. The SMILES string of the molecule is [2H]c1cccc(C(F)F)n1. The summed E-state index contributed by atoms with van der Waals surface area (Å²) in [5.74, 6) is 0. The molecule has 1 heterocycles. The number of aromatic nitrogens is 1. The summed E-state index contributed by atoms with van der Waals surface area (Å²) in [5.41, 5.74) is -0.340. The summed E-state index contributed by atoms with van der Waals surface area (Å²) in [5, 5.41) is 0. The van der Waals surface area contributed by atoms with Gasteiger partial charge in [-0.25, -0.2) is 8.78 Å². The highest BCUT2D eigenvalue weighted by molar-refractivity contribution is 5.03. The van der Waals surface area contributed by atoms with E-state index in [9.17, 15) is 8.78 Å². The summed E-state index contributed by atoms with van der Waals surface area (Å²) in [7, 11) is 0. The summed E-state index contributed by atoms with van der Waals surface area (Å²) in [4.78, 5) is 3.29. The fraction of sp³-hybridized carbons (Fsp3) is 0.167. The Labute approximate surface area is 52.8 Å². The van der Waals surface area contributed by atoms with Gasteiger partial charge in [0.15, 0.2) is 0 Å². The molecule has 9 heavy (non-hydrogen) atoms. The minimum absolute atomic E-state index is 0.127. The first-order chi connectivity index (χ1) is 4.70. The highest BCUT2D eigenvalue weighted by atomic mass is 19.3. The Morgan fingerprint density at radius 2 is 2.33 bits per heavy atom. The second-order valence-electron chi connectivity index (χ2n) is 1.49. The lowest BCUT2D eigenvalue weighted by Gasteiger charge is -1.93. The topological polar surface area (TPSA) is 12.9 Å². The van der Waals surface area contributed by atoms with E-state index in [0.717, 1.165) is 0 Å². The molecule has 0 spiro atoms. The molecule has 0 amide bonds. The first kappa shape index (κ1) is 4.85. The average molecular weight is 130 g/mol. The van der Waals surface area contributed by atoms with Gasteiger partial charge in [0.2, 0.25) is 0 Å². The van der Waals surface area contributed by atoms with E-state index in [1.54, 1.807) is 0 Å². The fourth-order valence-corrected chi connectivity index (χ4v) is 0.460. The Hall–Kier alpha value is -0.990. The molecule has 48 valence electrons. The van der Waals surface area contributed by atoms with Crippen molar-refractivity contribution in [3.63, 3.8) is 0 Å². The number of nitrogens with zero attached hydrogens (tertiary/aromatic N) is 1. The Bertz CT molecular complexity index is 227. The van der Waals surface area contributed by atoms with Crippen molar-refractivity contribution < 1.29 is 10.2 Å².